The monoisotopic (exact) mass is 110 g/mol. The zero-order valence-corrected chi connectivity index (χ0v) is 3.93. The summed E-state index contributed by atoms with van der Waals surface area (Å²) in [5.41, 5.74) is 1.16. The van der Waals surface area contributed by atoms with E-state index in [1.54, 1.807) is 0 Å². The van der Waals surface area contributed by atoms with Crippen molar-refractivity contribution < 1.29 is 14.3 Å². The van der Waals surface area contributed by atoms with E-state index in [0.717, 1.165) is 0 Å². The van der Waals surface area contributed by atoms with Gasteiger partial charge in [0, 0.05) is 6.42 Å². The van der Waals surface area contributed by atoms with Crippen LogP contribution in [0, 0.1) is 0 Å². The van der Waals surface area contributed by atoms with Gasteiger partial charge in [0.05, 0.1) is 11.1 Å². The van der Waals surface area contributed by atoms with Gasteiger partial charge in [0.2, 0.25) is 0 Å². The van der Waals surface area contributed by atoms with E-state index in [9.17, 15) is 9.59 Å². The highest BCUT2D eigenvalue weighted by molar-refractivity contribution is 6.19. The van der Waals surface area contributed by atoms with Crippen LogP contribution >= 0.6 is 0 Å². The summed E-state index contributed by atoms with van der Waals surface area (Å²) >= 11 is 0. The highest BCUT2D eigenvalue weighted by atomic mass is 16.6. The molecule has 0 saturated heterocycles. The van der Waals surface area contributed by atoms with Gasteiger partial charge in [0.15, 0.2) is 0 Å². The van der Waals surface area contributed by atoms with E-state index in [1.807, 2.05) is 0 Å². The number of esters is 2. The molecule has 2 rings (SSSR count). The molecule has 1 heterocycles. The number of hydrogen-bond donors (Lipinski definition) is 0. The van der Waals surface area contributed by atoms with Gasteiger partial charge >= 0.3 is 11.9 Å². The van der Waals surface area contributed by atoms with Gasteiger partial charge in [-0.05, 0) is 0 Å². The fourth-order valence-electron chi connectivity index (χ4n) is 0.731. The van der Waals surface area contributed by atoms with Gasteiger partial charge in [-0.15, -0.1) is 0 Å². The Morgan fingerprint density at radius 2 is 1.62 bits per heavy atom. The van der Waals surface area contributed by atoms with Gasteiger partial charge in [-0.1, -0.05) is 0 Å². The van der Waals surface area contributed by atoms with E-state index in [2.05, 4.69) is 4.74 Å². The summed E-state index contributed by atoms with van der Waals surface area (Å²) in [6.45, 7) is 0. The van der Waals surface area contributed by atoms with Crippen LogP contribution in [-0.2, 0) is 14.3 Å². The van der Waals surface area contributed by atoms with Crippen molar-refractivity contribution in [3.8, 4) is 0 Å². The molecule has 0 atom stereocenters. The molecular weight excluding hydrogens is 108 g/mol. The normalized spacial score (nSPS) is 23.5. The first-order valence-electron chi connectivity index (χ1n) is 2.27. The first-order chi connectivity index (χ1) is 3.79. The maximum absolute atomic E-state index is 10.3. The fraction of sp³-hybridized carbons (Fsp3) is 0.200. The maximum Gasteiger partial charge on any atom is 0.342 e. The lowest BCUT2D eigenvalue weighted by atomic mass is 10.5. The van der Waals surface area contributed by atoms with Crippen LogP contribution < -0.4 is 0 Å². The molecule has 0 aromatic rings. The topological polar surface area (TPSA) is 43.4 Å². The van der Waals surface area contributed by atoms with Crippen molar-refractivity contribution >= 4 is 11.9 Å². The van der Waals surface area contributed by atoms with E-state index in [4.69, 9.17) is 0 Å². The number of carbonyl (C=O) groups excluding carboxylic acids is 2. The lowest BCUT2D eigenvalue weighted by Crippen LogP contribution is -2.05. The van der Waals surface area contributed by atoms with Crippen LogP contribution in [0.25, 0.3) is 0 Å². The Bertz CT molecular complexity index is 202. The summed E-state index contributed by atoms with van der Waals surface area (Å²) in [6, 6.07) is 0. The minimum absolute atomic E-state index is 0.440. The molecule has 2 aliphatic rings. The Balaban J connectivity index is 2.48. The largest absolute Gasteiger partial charge is 0.386 e. The molecule has 0 saturated carbocycles. The van der Waals surface area contributed by atoms with Crippen LogP contribution in [0.2, 0.25) is 0 Å². The first kappa shape index (κ1) is 3.83. The molecule has 0 aromatic heterocycles. The van der Waals surface area contributed by atoms with Crippen molar-refractivity contribution in [2.24, 2.45) is 0 Å². The Hall–Kier alpha value is -1.12. The minimum atomic E-state index is -0.440. The Morgan fingerprint density at radius 3 is 1.75 bits per heavy atom. The highest BCUT2D eigenvalue weighted by Gasteiger charge is 2.43. The van der Waals surface area contributed by atoms with Crippen molar-refractivity contribution in [2.75, 3.05) is 0 Å². The van der Waals surface area contributed by atoms with Crippen molar-refractivity contribution in [3.63, 3.8) is 0 Å². The van der Waals surface area contributed by atoms with E-state index >= 15 is 0 Å². The van der Waals surface area contributed by atoms with Crippen molar-refractivity contribution in [1.82, 2.24) is 0 Å². The van der Waals surface area contributed by atoms with Gasteiger partial charge in [0.25, 0.3) is 0 Å². The lowest BCUT2D eigenvalue weighted by Gasteiger charge is -1.90. The molecule has 0 spiro atoms. The number of rotatable bonds is 0. The number of cyclic esters (lactones) is 2. The fourth-order valence-corrected chi connectivity index (χ4v) is 0.731. The van der Waals surface area contributed by atoms with Crippen molar-refractivity contribution in [1.29, 1.82) is 0 Å². The molecule has 0 unspecified atom stereocenters. The minimum Gasteiger partial charge on any atom is -0.386 e. The van der Waals surface area contributed by atoms with Gasteiger partial charge < -0.3 is 4.74 Å². The number of ether oxygens (including phenoxy) is 1. The van der Waals surface area contributed by atoms with E-state index < -0.39 is 11.9 Å². The van der Waals surface area contributed by atoms with Gasteiger partial charge in [-0.25, -0.2) is 9.59 Å². The van der Waals surface area contributed by atoms with Crippen LogP contribution in [0.4, 0.5) is 0 Å². The molecule has 0 bridgehead atoms. The van der Waals surface area contributed by atoms with Crippen LogP contribution in [0.1, 0.15) is 6.42 Å². The van der Waals surface area contributed by atoms with Gasteiger partial charge in [-0.3, -0.25) is 0 Å². The summed E-state index contributed by atoms with van der Waals surface area (Å²) in [5, 5.41) is 0. The molecule has 0 fully saturated rings. The predicted molar refractivity (Wildman–Crippen MR) is 22.7 cm³/mol. The van der Waals surface area contributed by atoms with Crippen LogP contribution in [0.3, 0.4) is 0 Å². The third kappa shape index (κ3) is 0.258. The average molecular weight is 110 g/mol. The first-order valence-corrected chi connectivity index (χ1v) is 2.27. The number of carbonyl (C=O) groups is 2. The van der Waals surface area contributed by atoms with E-state index in [0.29, 0.717) is 17.6 Å². The van der Waals surface area contributed by atoms with E-state index in [1.165, 1.54) is 0 Å². The molecule has 0 N–H and O–H groups in total. The molecular formula is C5H2O3. The smallest absolute Gasteiger partial charge is 0.342 e. The summed E-state index contributed by atoms with van der Waals surface area (Å²) in [5.74, 6) is -0.880. The van der Waals surface area contributed by atoms with Crippen molar-refractivity contribution in [3.05, 3.63) is 11.1 Å². The molecule has 0 aromatic carbocycles. The summed E-state index contributed by atoms with van der Waals surface area (Å²) in [7, 11) is 0. The number of hydrogen-bond acceptors (Lipinski definition) is 3. The Morgan fingerprint density at radius 1 is 1.12 bits per heavy atom. The average Bonchev–Trinajstić information content (AvgIpc) is 2.35. The SMILES string of the molecule is O=C1OC(=O)C2=C1C2. The quantitative estimate of drug-likeness (QED) is 0.319. The molecule has 1 aliphatic heterocycles. The van der Waals surface area contributed by atoms with E-state index in [-0.39, 0.29) is 0 Å². The zero-order valence-electron chi connectivity index (χ0n) is 3.93. The second-order valence-corrected chi connectivity index (χ2v) is 1.81. The third-order valence-electron chi connectivity index (χ3n) is 1.27. The lowest BCUT2D eigenvalue weighted by molar-refractivity contribution is -0.152. The van der Waals surface area contributed by atoms with Gasteiger partial charge in [-0.2, -0.15) is 0 Å². The molecule has 8 heavy (non-hydrogen) atoms. The van der Waals surface area contributed by atoms with Crippen LogP contribution in [0.15, 0.2) is 11.1 Å². The summed E-state index contributed by atoms with van der Waals surface area (Å²) in [4.78, 5) is 20.7. The third-order valence-corrected chi connectivity index (χ3v) is 1.27. The maximum atomic E-state index is 10.3. The zero-order chi connectivity index (χ0) is 5.72. The molecule has 0 radical (unpaired) electrons. The second-order valence-electron chi connectivity index (χ2n) is 1.81. The van der Waals surface area contributed by atoms with Crippen LogP contribution in [0.5, 0.6) is 0 Å². The summed E-state index contributed by atoms with van der Waals surface area (Å²) < 4.78 is 4.17. The Labute approximate surface area is 44.9 Å². The highest BCUT2D eigenvalue weighted by Crippen LogP contribution is 2.38. The van der Waals surface area contributed by atoms with Gasteiger partial charge in [0.1, 0.15) is 0 Å². The Kier molecular flexibility index (Phi) is 0.404. The molecule has 3 heteroatoms. The second kappa shape index (κ2) is 0.844. The van der Waals surface area contributed by atoms with Crippen molar-refractivity contribution in [2.45, 2.75) is 6.42 Å². The molecule has 1 aliphatic carbocycles. The standard InChI is InChI=1S/C5H2O3/c6-4-2-1-3(2)5(7)8-4/h1H2. The molecule has 0 amide bonds. The molecule has 3 nitrogen and oxygen atoms in total. The summed E-state index contributed by atoms with van der Waals surface area (Å²) in [6.07, 6.45) is 0.567. The molecule has 40 valence electrons. The van der Waals surface area contributed by atoms with Crippen LogP contribution in [-0.4, -0.2) is 11.9 Å². The predicted octanol–water partition coefficient (Wildman–Crippen LogP) is -0.230.